The molecular weight excluding hydrogens is 138 g/mol. The molecule has 1 amide bonds. The Bertz CT molecular complexity index is 135. The minimum absolute atomic E-state index is 0. The van der Waals surface area contributed by atoms with Gasteiger partial charge in [-0.25, -0.2) is 0 Å². The number of rotatable bonds is 0. The van der Waals surface area contributed by atoms with Crippen LogP contribution in [0.25, 0.3) is 0 Å². The molecule has 1 heterocycles. The van der Waals surface area contributed by atoms with Crippen LogP contribution < -0.4 is 5.32 Å². The number of carbonyl (C=O) groups is 1. The number of halogens is 1. The van der Waals surface area contributed by atoms with E-state index in [0.717, 1.165) is 0 Å². The summed E-state index contributed by atoms with van der Waals surface area (Å²) < 4.78 is 0. The molecule has 0 aliphatic carbocycles. The first-order valence-corrected chi connectivity index (χ1v) is 2.50. The summed E-state index contributed by atoms with van der Waals surface area (Å²) >= 11 is 0. The smallest absolute Gasteiger partial charge is 0.227 e. The molecule has 2 nitrogen and oxygen atoms in total. The van der Waals surface area contributed by atoms with Crippen LogP contribution in [0.5, 0.6) is 0 Å². The topological polar surface area (TPSA) is 29.1 Å². The Morgan fingerprint density at radius 3 is 3.00 bits per heavy atom. The normalized spacial score (nSPS) is 15.8. The van der Waals surface area contributed by atoms with E-state index in [0.29, 0.717) is 6.42 Å². The highest BCUT2D eigenvalue weighted by molar-refractivity contribution is 5.85. The molecule has 0 spiro atoms. The van der Waals surface area contributed by atoms with Crippen molar-refractivity contribution in [2.45, 2.75) is 6.42 Å². The lowest BCUT2D eigenvalue weighted by atomic mass is 10.4. The van der Waals surface area contributed by atoms with Gasteiger partial charge >= 0.3 is 0 Å². The van der Waals surface area contributed by atoms with Crippen molar-refractivity contribution in [1.29, 1.82) is 0 Å². The maximum atomic E-state index is 10.5. The Hall–Kier alpha value is -0.760. The predicted octanol–water partition coefficient (Wildman–Crippen LogP) is 0.998. The monoisotopic (exact) mass is 145 g/mol. The van der Waals surface area contributed by atoms with E-state index in [-0.39, 0.29) is 18.3 Å². The molecule has 0 saturated carbocycles. The van der Waals surface area contributed by atoms with Crippen molar-refractivity contribution in [3.63, 3.8) is 0 Å². The van der Waals surface area contributed by atoms with Gasteiger partial charge in [0.1, 0.15) is 0 Å². The molecule has 0 unspecified atom stereocenters. The van der Waals surface area contributed by atoms with Crippen molar-refractivity contribution in [3.8, 4) is 0 Å². The van der Waals surface area contributed by atoms with Crippen LogP contribution in [0, 0.1) is 0 Å². The van der Waals surface area contributed by atoms with Crippen LogP contribution in [-0.2, 0) is 4.79 Å². The molecule has 0 saturated heterocycles. The Labute approximate surface area is 60.0 Å². The van der Waals surface area contributed by atoms with Gasteiger partial charge in [-0.3, -0.25) is 4.79 Å². The highest BCUT2D eigenvalue weighted by Crippen LogP contribution is 1.88. The van der Waals surface area contributed by atoms with Gasteiger partial charge < -0.3 is 5.32 Å². The standard InChI is InChI=1S/C6H7NO.ClH/c8-6-4-2-1-3-5-7-6;/h1-3,5H,4H2,(H,7,8);1H. The summed E-state index contributed by atoms with van der Waals surface area (Å²) in [5.41, 5.74) is 0. The SMILES string of the molecule is Cl.O=C1CC=CC=CN1. The second kappa shape index (κ2) is 4.15. The number of allylic oxidation sites excluding steroid dienone is 2. The van der Waals surface area contributed by atoms with Crippen molar-refractivity contribution in [1.82, 2.24) is 5.32 Å². The van der Waals surface area contributed by atoms with Crippen molar-refractivity contribution in [2.75, 3.05) is 0 Å². The van der Waals surface area contributed by atoms with Gasteiger partial charge in [0.15, 0.2) is 0 Å². The Morgan fingerprint density at radius 1 is 1.44 bits per heavy atom. The molecule has 1 N–H and O–H groups in total. The van der Waals surface area contributed by atoms with Gasteiger partial charge in [0.05, 0.1) is 0 Å². The van der Waals surface area contributed by atoms with E-state index < -0.39 is 0 Å². The highest BCUT2D eigenvalue weighted by atomic mass is 35.5. The van der Waals surface area contributed by atoms with E-state index in [1.165, 1.54) is 0 Å². The molecule has 0 fully saturated rings. The maximum absolute atomic E-state index is 10.5. The third-order valence-electron chi connectivity index (χ3n) is 0.891. The van der Waals surface area contributed by atoms with Gasteiger partial charge in [-0.05, 0) is 6.08 Å². The number of amides is 1. The van der Waals surface area contributed by atoms with Crippen LogP contribution in [0.2, 0.25) is 0 Å². The van der Waals surface area contributed by atoms with E-state index in [2.05, 4.69) is 5.32 Å². The number of hydrogen-bond donors (Lipinski definition) is 1. The van der Waals surface area contributed by atoms with Crippen LogP contribution in [0.15, 0.2) is 24.4 Å². The molecule has 3 heteroatoms. The van der Waals surface area contributed by atoms with Crippen molar-refractivity contribution in [3.05, 3.63) is 24.4 Å². The summed E-state index contributed by atoms with van der Waals surface area (Å²) in [6.45, 7) is 0. The zero-order valence-electron chi connectivity index (χ0n) is 4.83. The fourth-order valence-corrected chi connectivity index (χ4v) is 0.509. The molecule has 0 atom stereocenters. The van der Waals surface area contributed by atoms with Gasteiger partial charge in [-0.2, -0.15) is 0 Å². The summed E-state index contributed by atoms with van der Waals surface area (Å²) in [5.74, 6) is 0.0509. The van der Waals surface area contributed by atoms with E-state index in [9.17, 15) is 4.79 Å². The Kier molecular flexibility index (Phi) is 3.80. The number of hydrogen-bond acceptors (Lipinski definition) is 1. The average Bonchev–Trinajstić information content (AvgIpc) is 1.94. The molecular formula is C6H8ClNO. The summed E-state index contributed by atoms with van der Waals surface area (Å²) in [6, 6.07) is 0. The van der Waals surface area contributed by atoms with Crippen LogP contribution in [0.3, 0.4) is 0 Å². The minimum atomic E-state index is 0. The van der Waals surface area contributed by atoms with Gasteiger partial charge in [-0.1, -0.05) is 12.2 Å². The number of nitrogens with one attached hydrogen (secondary N) is 1. The predicted molar refractivity (Wildman–Crippen MR) is 38.3 cm³/mol. The fourth-order valence-electron chi connectivity index (χ4n) is 0.509. The van der Waals surface area contributed by atoms with E-state index in [4.69, 9.17) is 0 Å². The Balaban J connectivity index is 0.000000640. The van der Waals surface area contributed by atoms with E-state index in [1.807, 2.05) is 12.2 Å². The lowest BCUT2D eigenvalue weighted by molar-refractivity contribution is -0.119. The van der Waals surface area contributed by atoms with Crippen molar-refractivity contribution < 1.29 is 4.79 Å². The zero-order chi connectivity index (χ0) is 5.82. The van der Waals surface area contributed by atoms with Crippen molar-refractivity contribution >= 4 is 18.3 Å². The van der Waals surface area contributed by atoms with E-state index in [1.54, 1.807) is 12.3 Å². The first-order valence-electron chi connectivity index (χ1n) is 2.50. The van der Waals surface area contributed by atoms with Crippen LogP contribution >= 0.6 is 12.4 Å². The summed E-state index contributed by atoms with van der Waals surface area (Å²) in [4.78, 5) is 10.5. The molecule has 1 rings (SSSR count). The molecule has 50 valence electrons. The molecule has 0 aromatic rings. The van der Waals surface area contributed by atoms with Gasteiger partial charge in [-0.15, -0.1) is 12.4 Å². The van der Waals surface area contributed by atoms with Crippen LogP contribution in [-0.4, -0.2) is 5.91 Å². The second-order valence-corrected chi connectivity index (χ2v) is 1.56. The number of carbonyl (C=O) groups excluding carboxylic acids is 1. The molecule has 0 aromatic heterocycles. The quantitative estimate of drug-likeness (QED) is 0.542. The van der Waals surface area contributed by atoms with Gasteiger partial charge in [0.25, 0.3) is 0 Å². The third-order valence-corrected chi connectivity index (χ3v) is 0.891. The Morgan fingerprint density at radius 2 is 2.22 bits per heavy atom. The summed E-state index contributed by atoms with van der Waals surface area (Å²) in [6.07, 6.45) is 7.58. The first kappa shape index (κ1) is 8.24. The fraction of sp³-hybridized carbons (Fsp3) is 0.167. The molecule has 0 bridgehead atoms. The average molecular weight is 146 g/mol. The van der Waals surface area contributed by atoms with Gasteiger partial charge in [0, 0.05) is 12.6 Å². The van der Waals surface area contributed by atoms with Crippen molar-refractivity contribution in [2.24, 2.45) is 0 Å². The minimum Gasteiger partial charge on any atom is -0.332 e. The summed E-state index contributed by atoms with van der Waals surface area (Å²) in [7, 11) is 0. The molecule has 1 aliphatic rings. The van der Waals surface area contributed by atoms with E-state index >= 15 is 0 Å². The molecule has 1 aliphatic heterocycles. The molecule has 0 aromatic carbocycles. The lowest BCUT2D eigenvalue weighted by Gasteiger charge is -1.88. The second-order valence-electron chi connectivity index (χ2n) is 1.56. The summed E-state index contributed by atoms with van der Waals surface area (Å²) in [5, 5.41) is 2.56. The third kappa shape index (κ3) is 2.93. The molecule has 9 heavy (non-hydrogen) atoms. The first-order chi connectivity index (χ1) is 3.89. The molecule has 0 radical (unpaired) electrons. The highest BCUT2D eigenvalue weighted by Gasteiger charge is 1.93. The zero-order valence-corrected chi connectivity index (χ0v) is 5.65. The maximum Gasteiger partial charge on any atom is 0.227 e. The van der Waals surface area contributed by atoms with Gasteiger partial charge in [0.2, 0.25) is 5.91 Å². The largest absolute Gasteiger partial charge is 0.332 e. The lowest BCUT2D eigenvalue weighted by Crippen LogP contribution is -2.13. The van der Waals surface area contributed by atoms with Crippen LogP contribution in [0.4, 0.5) is 0 Å². The van der Waals surface area contributed by atoms with Crippen LogP contribution in [0.1, 0.15) is 6.42 Å².